The largest absolute Gasteiger partial charge is 0.481 e. The van der Waals surface area contributed by atoms with Crippen LogP contribution < -0.4 is 15.8 Å². The molecule has 0 bridgehead atoms. The smallest absolute Gasteiger partial charge is 0.215 e. The van der Waals surface area contributed by atoms with Crippen LogP contribution in [0.15, 0.2) is 12.1 Å². The number of aromatic nitrogens is 1. The number of hydrogen-bond donors (Lipinski definition) is 2. The molecule has 0 aliphatic heterocycles. The van der Waals surface area contributed by atoms with Gasteiger partial charge in [0.25, 0.3) is 0 Å². The van der Waals surface area contributed by atoms with Crippen LogP contribution in [0.5, 0.6) is 5.88 Å². The number of methoxy groups -OCH3 is 1. The fourth-order valence-electron chi connectivity index (χ4n) is 1.34. The van der Waals surface area contributed by atoms with E-state index in [0.717, 1.165) is 12.2 Å². The number of thioether (sulfide) groups is 1. The predicted molar refractivity (Wildman–Crippen MR) is 71.3 cm³/mol. The third kappa shape index (κ3) is 3.48. The number of nitrogens with zero attached hydrogens (tertiary/aromatic N) is 1. The number of pyridine rings is 1. The molecular weight excluding hydrogens is 222 g/mol. The van der Waals surface area contributed by atoms with Gasteiger partial charge in [-0.2, -0.15) is 16.7 Å². The Morgan fingerprint density at radius 3 is 2.88 bits per heavy atom. The van der Waals surface area contributed by atoms with Gasteiger partial charge in [-0.1, -0.05) is 6.92 Å². The molecule has 0 fully saturated rings. The second kappa shape index (κ2) is 6.48. The Morgan fingerprint density at radius 1 is 1.56 bits per heavy atom. The SMILES string of the molecule is CCC(CSC)Nc1nc(OC)ccc1N. The lowest BCUT2D eigenvalue weighted by molar-refractivity contribution is 0.398. The number of hydrogen-bond acceptors (Lipinski definition) is 5. The molecule has 1 rings (SSSR count). The van der Waals surface area contributed by atoms with Crippen LogP contribution in [0.4, 0.5) is 11.5 Å². The summed E-state index contributed by atoms with van der Waals surface area (Å²) >= 11 is 1.81. The second-order valence-electron chi connectivity index (χ2n) is 3.50. The molecule has 4 nitrogen and oxygen atoms in total. The number of anilines is 2. The van der Waals surface area contributed by atoms with Crippen LogP contribution in [0.2, 0.25) is 0 Å². The van der Waals surface area contributed by atoms with E-state index in [4.69, 9.17) is 10.5 Å². The number of ether oxygens (including phenoxy) is 1. The highest BCUT2D eigenvalue weighted by molar-refractivity contribution is 7.98. The van der Waals surface area contributed by atoms with E-state index in [-0.39, 0.29) is 0 Å². The van der Waals surface area contributed by atoms with Crippen molar-refractivity contribution in [3.05, 3.63) is 12.1 Å². The second-order valence-corrected chi connectivity index (χ2v) is 4.41. The molecule has 1 heterocycles. The molecule has 1 aromatic rings. The number of nitrogen functional groups attached to an aromatic ring is 1. The van der Waals surface area contributed by atoms with Crippen LogP contribution in [0.1, 0.15) is 13.3 Å². The standard InChI is InChI=1S/C11H19N3OS/c1-4-8(7-16-3)13-11-9(12)5-6-10(14-11)15-2/h5-6,8H,4,7,12H2,1-3H3,(H,13,14). The molecule has 0 radical (unpaired) electrons. The maximum Gasteiger partial charge on any atom is 0.215 e. The van der Waals surface area contributed by atoms with E-state index >= 15 is 0 Å². The third-order valence-corrected chi connectivity index (χ3v) is 3.05. The molecule has 0 saturated carbocycles. The Balaban J connectivity index is 2.77. The van der Waals surface area contributed by atoms with E-state index in [1.165, 1.54) is 0 Å². The lowest BCUT2D eigenvalue weighted by atomic mass is 10.2. The van der Waals surface area contributed by atoms with Crippen molar-refractivity contribution < 1.29 is 4.74 Å². The summed E-state index contributed by atoms with van der Waals surface area (Å²) in [5.41, 5.74) is 6.51. The highest BCUT2D eigenvalue weighted by Crippen LogP contribution is 2.21. The maximum atomic E-state index is 5.86. The van der Waals surface area contributed by atoms with E-state index in [1.54, 1.807) is 19.2 Å². The van der Waals surface area contributed by atoms with E-state index in [1.807, 2.05) is 11.8 Å². The number of nitrogens with one attached hydrogen (secondary N) is 1. The van der Waals surface area contributed by atoms with Gasteiger partial charge in [-0.3, -0.25) is 0 Å². The summed E-state index contributed by atoms with van der Waals surface area (Å²) in [5.74, 6) is 2.32. The van der Waals surface area contributed by atoms with Crippen molar-refractivity contribution in [2.45, 2.75) is 19.4 Å². The zero-order chi connectivity index (χ0) is 12.0. The minimum atomic E-state index is 0.386. The summed E-state index contributed by atoms with van der Waals surface area (Å²) in [5, 5.41) is 3.34. The van der Waals surface area contributed by atoms with Crippen LogP contribution in [0.25, 0.3) is 0 Å². The molecule has 16 heavy (non-hydrogen) atoms. The van der Waals surface area contributed by atoms with Crippen LogP contribution >= 0.6 is 11.8 Å². The molecule has 0 amide bonds. The van der Waals surface area contributed by atoms with E-state index in [9.17, 15) is 0 Å². The minimum Gasteiger partial charge on any atom is -0.481 e. The zero-order valence-electron chi connectivity index (χ0n) is 9.99. The Labute approximate surface area is 101 Å². The normalized spacial score (nSPS) is 12.2. The van der Waals surface area contributed by atoms with Gasteiger partial charge in [-0.15, -0.1) is 0 Å². The molecule has 1 aromatic heterocycles. The molecule has 3 N–H and O–H groups in total. The van der Waals surface area contributed by atoms with Crippen LogP contribution in [-0.4, -0.2) is 30.1 Å². The van der Waals surface area contributed by atoms with Crippen molar-refractivity contribution in [3.63, 3.8) is 0 Å². The van der Waals surface area contributed by atoms with Crippen molar-refractivity contribution in [1.29, 1.82) is 0 Å². The molecular formula is C11H19N3OS. The molecule has 0 spiro atoms. The fraction of sp³-hybridized carbons (Fsp3) is 0.545. The number of nitrogens with two attached hydrogens (primary N) is 1. The Bertz CT molecular complexity index is 333. The average Bonchev–Trinajstić information content (AvgIpc) is 2.31. The van der Waals surface area contributed by atoms with Gasteiger partial charge in [0.15, 0.2) is 5.82 Å². The topological polar surface area (TPSA) is 60.2 Å². The summed E-state index contributed by atoms with van der Waals surface area (Å²) in [4.78, 5) is 4.29. The first kappa shape index (κ1) is 13.0. The zero-order valence-corrected chi connectivity index (χ0v) is 10.8. The first-order valence-corrected chi connectivity index (χ1v) is 6.66. The van der Waals surface area contributed by atoms with Crippen LogP contribution in [0, 0.1) is 0 Å². The van der Waals surface area contributed by atoms with Gasteiger partial charge in [0.2, 0.25) is 5.88 Å². The van der Waals surface area contributed by atoms with Crippen LogP contribution in [-0.2, 0) is 0 Å². The van der Waals surface area contributed by atoms with E-state index < -0.39 is 0 Å². The van der Waals surface area contributed by atoms with Crippen molar-refractivity contribution in [3.8, 4) is 5.88 Å². The lowest BCUT2D eigenvalue weighted by Gasteiger charge is -2.17. The molecule has 5 heteroatoms. The molecule has 0 saturated heterocycles. The monoisotopic (exact) mass is 241 g/mol. The van der Waals surface area contributed by atoms with Crippen LogP contribution in [0.3, 0.4) is 0 Å². The van der Waals surface area contributed by atoms with Gasteiger partial charge in [0, 0.05) is 17.9 Å². The average molecular weight is 241 g/mol. The highest BCUT2D eigenvalue weighted by atomic mass is 32.2. The van der Waals surface area contributed by atoms with Gasteiger partial charge in [0.05, 0.1) is 12.8 Å². The number of rotatable bonds is 6. The summed E-state index contributed by atoms with van der Waals surface area (Å²) in [6.07, 6.45) is 3.13. The molecule has 90 valence electrons. The summed E-state index contributed by atoms with van der Waals surface area (Å²) < 4.78 is 5.07. The predicted octanol–water partition coefficient (Wildman–Crippen LogP) is 2.23. The maximum absolute atomic E-state index is 5.86. The van der Waals surface area contributed by atoms with Crippen molar-refractivity contribution >= 4 is 23.3 Å². The summed E-state index contributed by atoms with van der Waals surface area (Å²) in [7, 11) is 1.60. The van der Waals surface area contributed by atoms with Gasteiger partial charge in [-0.05, 0) is 18.7 Å². The van der Waals surface area contributed by atoms with Gasteiger partial charge in [0.1, 0.15) is 0 Å². The van der Waals surface area contributed by atoms with Crippen molar-refractivity contribution in [2.24, 2.45) is 0 Å². The summed E-state index contributed by atoms with van der Waals surface area (Å²) in [6.45, 7) is 2.14. The van der Waals surface area contributed by atoms with E-state index in [2.05, 4.69) is 23.5 Å². The minimum absolute atomic E-state index is 0.386. The first-order valence-electron chi connectivity index (χ1n) is 5.27. The lowest BCUT2D eigenvalue weighted by Crippen LogP contribution is -2.22. The molecule has 0 aliphatic rings. The Hall–Kier alpha value is -1.10. The molecule has 1 atom stereocenters. The Kier molecular flexibility index (Phi) is 5.25. The molecule has 1 unspecified atom stereocenters. The first-order chi connectivity index (χ1) is 7.71. The van der Waals surface area contributed by atoms with Crippen molar-refractivity contribution in [2.75, 3.05) is 30.2 Å². The fourth-order valence-corrected chi connectivity index (χ4v) is 2.06. The van der Waals surface area contributed by atoms with Crippen molar-refractivity contribution in [1.82, 2.24) is 4.98 Å². The van der Waals surface area contributed by atoms with Gasteiger partial charge in [-0.25, -0.2) is 0 Å². The highest BCUT2D eigenvalue weighted by Gasteiger charge is 2.09. The van der Waals surface area contributed by atoms with E-state index in [0.29, 0.717) is 23.4 Å². The third-order valence-electron chi connectivity index (χ3n) is 2.31. The summed E-state index contributed by atoms with van der Waals surface area (Å²) in [6, 6.07) is 3.95. The quantitative estimate of drug-likeness (QED) is 0.799. The molecule has 0 aromatic carbocycles. The Morgan fingerprint density at radius 2 is 2.31 bits per heavy atom. The van der Waals surface area contributed by atoms with Gasteiger partial charge >= 0.3 is 0 Å². The van der Waals surface area contributed by atoms with Gasteiger partial charge < -0.3 is 15.8 Å². The molecule has 0 aliphatic carbocycles.